The molecule has 1 amide bonds. The van der Waals surface area contributed by atoms with Crippen LogP contribution in [0, 0.1) is 6.92 Å². The van der Waals surface area contributed by atoms with Gasteiger partial charge in [0.05, 0.1) is 4.90 Å². The first-order valence-corrected chi connectivity index (χ1v) is 10.3. The number of likely N-dealkylation sites (tertiary alicyclic amines) is 1. The van der Waals surface area contributed by atoms with Crippen molar-refractivity contribution in [2.75, 3.05) is 13.1 Å². The van der Waals surface area contributed by atoms with Crippen molar-refractivity contribution in [3.8, 4) is 0 Å². The topological polar surface area (TPSA) is 84.3 Å². The van der Waals surface area contributed by atoms with Crippen LogP contribution in [0.2, 0.25) is 0 Å². The number of nitrogens with zero attached hydrogens (tertiary/aromatic N) is 3. The molecular weight excluding hydrogens is 352 g/mol. The molecule has 1 aromatic carbocycles. The summed E-state index contributed by atoms with van der Waals surface area (Å²) in [4.78, 5) is 14.5. The van der Waals surface area contributed by atoms with Gasteiger partial charge in [-0.25, -0.2) is 13.1 Å². The Morgan fingerprint density at radius 2 is 1.85 bits per heavy atom. The number of benzene rings is 1. The summed E-state index contributed by atoms with van der Waals surface area (Å²) >= 11 is 0. The van der Waals surface area contributed by atoms with Gasteiger partial charge in [0.1, 0.15) is 5.69 Å². The number of aryl methyl sites for hydroxylation is 2. The summed E-state index contributed by atoms with van der Waals surface area (Å²) in [6.07, 6.45) is 2.96. The number of aromatic nitrogens is 2. The van der Waals surface area contributed by atoms with Crippen LogP contribution in [0.3, 0.4) is 0 Å². The van der Waals surface area contributed by atoms with E-state index in [0.717, 1.165) is 12.1 Å². The molecule has 1 aromatic heterocycles. The number of amides is 1. The molecule has 140 valence electrons. The van der Waals surface area contributed by atoms with E-state index in [9.17, 15) is 13.2 Å². The van der Waals surface area contributed by atoms with E-state index in [2.05, 4.69) is 9.82 Å². The van der Waals surface area contributed by atoms with Crippen molar-refractivity contribution in [1.82, 2.24) is 19.4 Å². The lowest BCUT2D eigenvalue weighted by Gasteiger charge is -2.31. The van der Waals surface area contributed by atoms with E-state index in [1.54, 1.807) is 46.1 Å². The van der Waals surface area contributed by atoms with Crippen molar-refractivity contribution in [3.05, 3.63) is 47.8 Å². The number of rotatable bonds is 5. The minimum Gasteiger partial charge on any atom is -0.337 e. The first-order chi connectivity index (χ1) is 12.4. The zero-order valence-electron chi connectivity index (χ0n) is 15.1. The van der Waals surface area contributed by atoms with E-state index in [1.165, 1.54) is 0 Å². The molecule has 0 aliphatic carbocycles. The van der Waals surface area contributed by atoms with Gasteiger partial charge >= 0.3 is 0 Å². The zero-order chi connectivity index (χ0) is 18.7. The molecule has 0 saturated carbocycles. The van der Waals surface area contributed by atoms with E-state index in [1.807, 2.05) is 13.8 Å². The molecule has 0 radical (unpaired) electrons. The van der Waals surface area contributed by atoms with Gasteiger partial charge in [0.2, 0.25) is 10.0 Å². The lowest BCUT2D eigenvalue weighted by atomic mass is 10.1. The Labute approximate surface area is 154 Å². The maximum absolute atomic E-state index is 12.5. The van der Waals surface area contributed by atoms with Crippen molar-refractivity contribution in [1.29, 1.82) is 0 Å². The summed E-state index contributed by atoms with van der Waals surface area (Å²) in [5.74, 6) is -0.1000. The number of sulfonamides is 1. The van der Waals surface area contributed by atoms with Crippen LogP contribution in [0.4, 0.5) is 0 Å². The van der Waals surface area contributed by atoms with E-state index < -0.39 is 10.0 Å². The Balaban J connectivity index is 1.58. The van der Waals surface area contributed by atoms with Gasteiger partial charge < -0.3 is 4.90 Å². The molecule has 26 heavy (non-hydrogen) atoms. The minimum atomic E-state index is -3.54. The SMILES string of the molecule is CCn1ccc(C(=O)N2CCC(NS(=O)(=O)c3ccc(C)cc3)CC2)n1. The Hall–Kier alpha value is -2.19. The van der Waals surface area contributed by atoms with Crippen LogP contribution in [0.5, 0.6) is 0 Å². The van der Waals surface area contributed by atoms with E-state index >= 15 is 0 Å². The third kappa shape index (κ3) is 4.13. The Morgan fingerprint density at radius 1 is 1.19 bits per heavy atom. The Morgan fingerprint density at radius 3 is 2.42 bits per heavy atom. The van der Waals surface area contributed by atoms with Crippen molar-refractivity contribution in [2.45, 2.75) is 44.2 Å². The van der Waals surface area contributed by atoms with Crippen LogP contribution in [-0.4, -0.2) is 48.1 Å². The molecule has 1 N–H and O–H groups in total. The zero-order valence-corrected chi connectivity index (χ0v) is 15.9. The first kappa shape index (κ1) is 18.6. The van der Waals surface area contributed by atoms with E-state index in [-0.39, 0.29) is 16.8 Å². The predicted octanol–water partition coefficient (Wildman–Crippen LogP) is 1.79. The predicted molar refractivity (Wildman–Crippen MR) is 98.3 cm³/mol. The second-order valence-corrected chi connectivity index (χ2v) is 8.27. The van der Waals surface area contributed by atoms with Crippen LogP contribution < -0.4 is 4.72 Å². The van der Waals surface area contributed by atoms with Crippen LogP contribution >= 0.6 is 0 Å². The fourth-order valence-electron chi connectivity index (χ4n) is 3.02. The summed E-state index contributed by atoms with van der Waals surface area (Å²) in [5, 5.41) is 4.24. The molecule has 3 rings (SSSR count). The van der Waals surface area contributed by atoms with E-state index in [0.29, 0.717) is 31.6 Å². The second-order valence-electron chi connectivity index (χ2n) is 6.56. The number of hydrogen-bond donors (Lipinski definition) is 1. The fraction of sp³-hybridized carbons (Fsp3) is 0.444. The maximum atomic E-state index is 12.5. The van der Waals surface area contributed by atoms with Crippen molar-refractivity contribution >= 4 is 15.9 Å². The molecule has 1 fully saturated rings. The molecule has 7 nitrogen and oxygen atoms in total. The van der Waals surface area contributed by atoms with Gasteiger partial charge in [-0.1, -0.05) is 17.7 Å². The van der Waals surface area contributed by atoms with Crippen LogP contribution in [-0.2, 0) is 16.6 Å². The third-order valence-corrected chi connectivity index (χ3v) is 6.16. The molecule has 1 saturated heterocycles. The van der Waals surface area contributed by atoms with Gasteiger partial charge in [-0.15, -0.1) is 0 Å². The van der Waals surface area contributed by atoms with E-state index in [4.69, 9.17) is 0 Å². The summed E-state index contributed by atoms with van der Waals surface area (Å²) in [5.41, 5.74) is 1.45. The van der Waals surface area contributed by atoms with Crippen LogP contribution in [0.15, 0.2) is 41.4 Å². The molecule has 0 atom stereocenters. The lowest BCUT2D eigenvalue weighted by molar-refractivity contribution is 0.0704. The first-order valence-electron chi connectivity index (χ1n) is 8.81. The number of piperidine rings is 1. The quantitative estimate of drug-likeness (QED) is 0.862. The summed E-state index contributed by atoms with van der Waals surface area (Å²) < 4.78 is 29.4. The van der Waals surface area contributed by atoms with Gasteiger partial charge in [-0.3, -0.25) is 9.48 Å². The summed E-state index contributed by atoms with van der Waals surface area (Å²) in [7, 11) is -3.54. The average Bonchev–Trinajstić information content (AvgIpc) is 3.11. The number of carbonyl (C=O) groups is 1. The molecule has 2 aromatic rings. The molecule has 0 spiro atoms. The summed E-state index contributed by atoms with van der Waals surface area (Å²) in [6.45, 7) is 5.63. The fourth-order valence-corrected chi connectivity index (χ4v) is 4.32. The summed E-state index contributed by atoms with van der Waals surface area (Å²) in [6, 6.07) is 8.34. The van der Waals surface area contributed by atoms with Crippen molar-refractivity contribution in [2.24, 2.45) is 0 Å². The lowest BCUT2D eigenvalue weighted by Crippen LogP contribution is -2.46. The standard InChI is InChI=1S/C18H24N4O3S/c1-3-22-13-10-17(19-22)18(23)21-11-8-15(9-12-21)20-26(24,25)16-6-4-14(2)5-7-16/h4-7,10,13,15,20H,3,8-9,11-12H2,1-2H3. The Kier molecular flexibility index (Phi) is 5.43. The maximum Gasteiger partial charge on any atom is 0.274 e. The third-order valence-electron chi connectivity index (χ3n) is 4.62. The highest BCUT2D eigenvalue weighted by molar-refractivity contribution is 7.89. The molecule has 2 heterocycles. The van der Waals surface area contributed by atoms with Gasteiger partial charge in [0.15, 0.2) is 0 Å². The highest BCUT2D eigenvalue weighted by atomic mass is 32.2. The molecule has 1 aliphatic rings. The highest BCUT2D eigenvalue weighted by Gasteiger charge is 2.28. The largest absolute Gasteiger partial charge is 0.337 e. The average molecular weight is 376 g/mol. The van der Waals surface area contributed by atoms with Crippen LogP contribution in [0.1, 0.15) is 35.8 Å². The van der Waals surface area contributed by atoms with Gasteiger partial charge in [0, 0.05) is 31.9 Å². The Bertz CT molecular complexity index is 866. The smallest absolute Gasteiger partial charge is 0.274 e. The monoisotopic (exact) mass is 376 g/mol. The molecular formula is C18H24N4O3S. The minimum absolute atomic E-state index is 0.1000. The van der Waals surface area contributed by atoms with Crippen LogP contribution in [0.25, 0.3) is 0 Å². The normalized spacial score (nSPS) is 16.0. The number of hydrogen-bond acceptors (Lipinski definition) is 4. The highest BCUT2D eigenvalue weighted by Crippen LogP contribution is 2.17. The van der Waals surface area contributed by atoms with Crippen molar-refractivity contribution in [3.63, 3.8) is 0 Å². The number of nitrogens with one attached hydrogen (secondary N) is 1. The molecule has 0 bridgehead atoms. The molecule has 8 heteroatoms. The van der Waals surface area contributed by atoms with Gasteiger partial charge in [0.25, 0.3) is 5.91 Å². The number of carbonyl (C=O) groups excluding carboxylic acids is 1. The molecule has 0 unspecified atom stereocenters. The molecule has 1 aliphatic heterocycles. The van der Waals surface area contributed by atoms with Gasteiger partial charge in [-0.2, -0.15) is 5.10 Å². The van der Waals surface area contributed by atoms with Gasteiger partial charge in [-0.05, 0) is 44.9 Å². The van der Waals surface area contributed by atoms with Crippen molar-refractivity contribution < 1.29 is 13.2 Å². The second kappa shape index (κ2) is 7.59.